The van der Waals surface area contributed by atoms with Crippen LogP contribution in [0.2, 0.25) is 0 Å². The van der Waals surface area contributed by atoms with Gasteiger partial charge in [0.15, 0.2) is 0 Å². The standard InChI is InChI=1S/C16H24N2O4S/c1-11-8-13(6-7-14(11)22-5)23(20,21)17-12-9-15(19)18(10-12)16(2,3)4/h6-8,12,17H,9-10H2,1-5H3. The van der Waals surface area contributed by atoms with Gasteiger partial charge in [-0.2, -0.15) is 0 Å². The number of sulfonamides is 1. The van der Waals surface area contributed by atoms with Crippen molar-refractivity contribution in [1.82, 2.24) is 9.62 Å². The molecule has 1 aromatic carbocycles. The first-order valence-electron chi connectivity index (χ1n) is 7.52. The van der Waals surface area contributed by atoms with Crippen molar-refractivity contribution in [2.75, 3.05) is 13.7 Å². The van der Waals surface area contributed by atoms with Crippen LogP contribution >= 0.6 is 0 Å². The van der Waals surface area contributed by atoms with Crippen LogP contribution in [0.3, 0.4) is 0 Å². The Morgan fingerprint density at radius 3 is 2.43 bits per heavy atom. The van der Waals surface area contributed by atoms with Crippen LogP contribution in [0.15, 0.2) is 23.1 Å². The number of aryl methyl sites for hydroxylation is 1. The molecule has 1 atom stereocenters. The molecule has 1 saturated heterocycles. The zero-order chi connectivity index (χ0) is 17.4. The fourth-order valence-electron chi connectivity index (χ4n) is 2.74. The molecule has 1 aromatic rings. The average Bonchev–Trinajstić information content (AvgIpc) is 2.78. The van der Waals surface area contributed by atoms with Crippen LogP contribution in [0.1, 0.15) is 32.8 Å². The van der Waals surface area contributed by atoms with Crippen LogP contribution in [0, 0.1) is 6.92 Å². The summed E-state index contributed by atoms with van der Waals surface area (Å²) >= 11 is 0. The first kappa shape index (κ1) is 17.7. The molecule has 0 spiro atoms. The van der Waals surface area contributed by atoms with E-state index in [1.807, 2.05) is 20.8 Å². The van der Waals surface area contributed by atoms with Gasteiger partial charge in [-0.25, -0.2) is 13.1 Å². The number of rotatable bonds is 4. The summed E-state index contributed by atoms with van der Waals surface area (Å²) in [6.45, 7) is 7.99. The van der Waals surface area contributed by atoms with Crippen molar-refractivity contribution in [2.45, 2.75) is 50.6 Å². The number of methoxy groups -OCH3 is 1. The smallest absolute Gasteiger partial charge is 0.240 e. The molecule has 1 aliphatic rings. The van der Waals surface area contributed by atoms with Crippen LogP contribution in [-0.4, -0.2) is 44.5 Å². The molecule has 1 unspecified atom stereocenters. The van der Waals surface area contributed by atoms with Gasteiger partial charge in [-0.3, -0.25) is 4.79 Å². The van der Waals surface area contributed by atoms with Gasteiger partial charge in [0, 0.05) is 24.5 Å². The molecule has 1 amide bonds. The minimum absolute atomic E-state index is 0.0314. The van der Waals surface area contributed by atoms with Crippen molar-refractivity contribution in [2.24, 2.45) is 0 Å². The Labute approximate surface area is 137 Å². The van der Waals surface area contributed by atoms with Gasteiger partial charge in [-0.1, -0.05) is 0 Å². The third-order valence-corrected chi connectivity index (χ3v) is 5.45. The van der Waals surface area contributed by atoms with Crippen LogP contribution in [0.4, 0.5) is 0 Å². The molecule has 0 aliphatic carbocycles. The van der Waals surface area contributed by atoms with E-state index >= 15 is 0 Å². The Morgan fingerprint density at radius 2 is 1.96 bits per heavy atom. The van der Waals surface area contributed by atoms with Gasteiger partial charge in [0.2, 0.25) is 15.9 Å². The number of amides is 1. The third kappa shape index (κ3) is 3.84. The SMILES string of the molecule is COc1ccc(S(=O)(=O)NC2CC(=O)N(C(C)(C)C)C2)cc1C. The maximum atomic E-state index is 12.5. The molecule has 0 radical (unpaired) electrons. The Balaban J connectivity index is 2.17. The fraction of sp³-hybridized carbons (Fsp3) is 0.562. The van der Waals surface area contributed by atoms with Gasteiger partial charge in [0.25, 0.3) is 0 Å². The van der Waals surface area contributed by atoms with Crippen LogP contribution in [0.5, 0.6) is 5.75 Å². The lowest BCUT2D eigenvalue weighted by Gasteiger charge is -2.32. The highest BCUT2D eigenvalue weighted by Gasteiger charge is 2.38. The number of benzene rings is 1. The highest BCUT2D eigenvalue weighted by atomic mass is 32.2. The maximum Gasteiger partial charge on any atom is 0.240 e. The van der Waals surface area contributed by atoms with Gasteiger partial charge >= 0.3 is 0 Å². The summed E-state index contributed by atoms with van der Waals surface area (Å²) in [7, 11) is -2.13. The van der Waals surface area contributed by atoms with Crippen LogP contribution in [0.25, 0.3) is 0 Å². The second-order valence-electron chi connectivity index (χ2n) is 6.83. The molecule has 7 heteroatoms. The van der Waals surface area contributed by atoms with Crippen LogP contribution < -0.4 is 9.46 Å². The number of ether oxygens (including phenoxy) is 1. The van der Waals surface area contributed by atoms with Crippen molar-refractivity contribution in [3.05, 3.63) is 23.8 Å². The zero-order valence-electron chi connectivity index (χ0n) is 14.2. The fourth-order valence-corrected chi connectivity index (χ4v) is 4.05. The van der Waals surface area contributed by atoms with E-state index in [0.29, 0.717) is 12.3 Å². The van der Waals surface area contributed by atoms with E-state index in [1.54, 1.807) is 31.1 Å². The van der Waals surface area contributed by atoms with E-state index in [0.717, 1.165) is 5.56 Å². The topological polar surface area (TPSA) is 75.7 Å². The monoisotopic (exact) mass is 340 g/mol. The van der Waals surface area contributed by atoms with Crippen molar-refractivity contribution in [1.29, 1.82) is 0 Å². The number of carbonyl (C=O) groups excluding carboxylic acids is 1. The molecule has 6 nitrogen and oxygen atoms in total. The molecule has 23 heavy (non-hydrogen) atoms. The molecule has 2 rings (SSSR count). The number of hydrogen-bond donors (Lipinski definition) is 1. The van der Waals surface area contributed by atoms with Gasteiger partial charge in [0.05, 0.1) is 12.0 Å². The molecule has 0 aromatic heterocycles. The van der Waals surface area contributed by atoms with Crippen molar-refractivity contribution in [3.8, 4) is 5.75 Å². The predicted octanol–water partition coefficient (Wildman–Crippen LogP) is 1.68. The van der Waals surface area contributed by atoms with Gasteiger partial charge in [0.1, 0.15) is 5.75 Å². The highest BCUT2D eigenvalue weighted by molar-refractivity contribution is 7.89. The summed E-state index contributed by atoms with van der Waals surface area (Å²) in [5, 5.41) is 0. The predicted molar refractivity (Wildman–Crippen MR) is 87.9 cm³/mol. The molecular formula is C16H24N2O4S. The lowest BCUT2D eigenvalue weighted by molar-refractivity contribution is -0.131. The number of nitrogens with one attached hydrogen (secondary N) is 1. The van der Waals surface area contributed by atoms with Gasteiger partial charge in [-0.05, 0) is 51.5 Å². The molecule has 0 bridgehead atoms. The average molecular weight is 340 g/mol. The minimum atomic E-state index is -3.67. The molecular weight excluding hydrogens is 316 g/mol. The Bertz CT molecular complexity index is 707. The van der Waals surface area contributed by atoms with E-state index in [1.165, 1.54) is 6.07 Å². The first-order chi connectivity index (χ1) is 10.5. The number of hydrogen-bond acceptors (Lipinski definition) is 4. The van der Waals surface area contributed by atoms with Crippen molar-refractivity contribution >= 4 is 15.9 Å². The largest absolute Gasteiger partial charge is 0.496 e. The van der Waals surface area contributed by atoms with E-state index in [4.69, 9.17) is 4.74 Å². The van der Waals surface area contributed by atoms with Gasteiger partial charge < -0.3 is 9.64 Å². The second kappa shape index (κ2) is 6.13. The van der Waals surface area contributed by atoms with Gasteiger partial charge in [-0.15, -0.1) is 0 Å². The lowest BCUT2D eigenvalue weighted by Crippen LogP contribution is -2.44. The first-order valence-corrected chi connectivity index (χ1v) is 9.00. The minimum Gasteiger partial charge on any atom is -0.496 e. The third-order valence-electron chi connectivity index (χ3n) is 3.93. The Hall–Kier alpha value is -1.60. The second-order valence-corrected chi connectivity index (χ2v) is 8.54. The van der Waals surface area contributed by atoms with E-state index in [9.17, 15) is 13.2 Å². The zero-order valence-corrected chi connectivity index (χ0v) is 15.0. The number of carbonyl (C=O) groups is 1. The summed E-state index contributed by atoms with van der Waals surface area (Å²) in [6.07, 6.45) is 0.186. The Kier molecular flexibility index (Phi) is 4.73. The molecule has 1 N–H and O–H groups in total. The van der Waals surface area contributed by atoms with Crippen molar-refractivity contribution < 1.29 is 17.9 Å². The molecule has 1 fully saturated rings. The van der Waals surface area contributed by atoms with E-state index in [-0.39, 0.29) is 22.8 Å². The lowest BCUT2D eigenvalue weighted by atomic mass is 10.1. The normalized spacial score (nSPS) is 19.3. The number of nitrogens with zero attached hydrogens (tertiary/aromatic N) is 1. The quantitative estimate of drug-likeness (QED) is 0.905. The summed E-state index contributed by atoms with van der Waals surface area (Å²) in [5.41, 5.74) is 0.433. The highest BCUT2D eigenvalue weighted by Crippen LogP contribution is 2.25. The van der Waals surface area contributed by atoms with E-state index in [2.05, 4.69) is 4.72 Å². The summed E-state index contributed by atoms with van der Waals surface area (Å²) < 4.78 is 32.8. The summed E-state index contributed by atoms with van der Waals surface area (Å²) in [6, 6.07) is 4.30. The Morgan fingerprint density at radius 1 is 1.30 bits per heavy atom. The van der Waals surface area contributed by atoms with Crippen LogP contribution in [-0.2, 0) is 14.8 Å². The molecule has 1 aliphatic heterocycles. The summed E-state index contributed by atoms with van der Waals surface area (Å²) in [4.78, 5) is 14.0. The molecule has 128 valence electrons. The summed E-state index contributed by atoms with van der Waals surface area (Å²) in [5.74, 6) is 0.606. The number of likely N-dealkylation sites (tertiary alicyclic amines) is 1. The molecule has 0 saturated carbocycles. The van der Waals surface area contributed by atoms with E-state index < -0.39 is 16.1 Å². The van der Waals surface area contributed by atoms with Crippen molar-refractivity contribution in [3.63, 3.8) is 0 Å². The maximum absolute atomic E-state index is 12.5. The molecule has 1 heterocycles.